The number of carboxylic acids is 3. The predicted molar refractivity (Wildman–Crippen MR) is 135 cm³/mol. The molecule has 0 aliphatic rings. The third-order valence-electron chi connectivity index (χ3n) is 3.76. The summed E-state index contributed by atoms with van der Waals surface area (Å²) in [6.07, 6.45) is 0. The summed E-state index contributed by atoms with van der Waals surface area (Å²) in [6.45, 7) is 0. The van der Waals surface area contributed by atoms with Gasteiger partial charge in [0.25, 0.3) is 0 Å². The zero-order valence-electron chi connectivity index (χ0n) is 17.1. The summed E-state index contributed by atoms with van der Waals surface area (Å²) in [4.78, 5) is 32.5. The molecule has 185 valence electrons. The number of benzene rings is 3. The first kappa shape index (κ1) is 31.3. The van der Waals surface area contributed by atoms with Gasteiger partial charge in [-0.05, 0) is 54.6 Å². The SMILES string of the molecule is Nc1ccc(C(=O)O)c(S)c1.Nc1ccc(C(=O)O)c(S)c1.Nc1ccc(C(=O)O)c(S)c1.[Au]. The average molecular weight is 705 g/mol. The molecule has 34 heavy (non-hydrogen) atoms. The quantitative estimate of drug-likeness (QED) is 0.111. The molecule has 9 N–H and O–H groups in total. The van der Waals surface area contributed by atoms with E-state index in [0.717, 1.165) is 0 Å². The van der Waals surface area contributed by atoms with E-state index < -0.39 is 17.9 Å². The third kappa shape index (κ3) is 10.0. The maximum atomic E-state index is 10.4. The number of hydrogen-bond acceptors (Lipinski definition) is 9. The molecule has 3 aromatic carbocycles. The molecular formula is C21H21AuN3O6S3. The molecule has 0 amide bonds. The van der Waals surface area contributed by atoms with Crippen molar-refractivity contribution in [1.29, 1.82) is 0 Å². The first-order valence-corrected chi connectivity index (χ1v) is 10.1. The maximum absolute atomic E-state index is 10.4. The van der Waals surface area contributed by atoms with E-state index in [1.165, 1.54) is 54.6 Å². The molecule has 0 unspecified atom stereocenters. The molecular weight excluding hydrogens is 683 g/mol. The molecule has 3 aromatic rings. The molecule has 0 heterocycles. The van der Waals surface area contributed by atoms with Crippen LogP contribution >= 0.6 is 37.9 Å². The molecule has 0 atom stereocenters. The second-order valence-electron chi connectivity index (χ2n) is 6.25. The Morgan fingerprint density at radius 2 is 0.735 bits per heavy atom. The number of hydrogen-bond donors (Lipinski definition) is 9. The summed E-state index contributed by atoms with van der Waals surface area (Å²) in [5.74, 6) is -2.97. The van der Waals surface area contributed by atoms with Gasteiger partial charge in [-0.25, -0.2) is 14.4 Å². The van der Waals surface area contributed by atoms with Crippen LogP contribution in [0, 0.1) is 0 Å². The predicted octanol–water partition coefficient (Wildman–Crippen LogP) is 3.76. The topological polar surface area (TPSA) is 190 Å². The Morgan fingerprint density at radius 3 is 0.882 bits per heavy atom. The standard InChI is InChI=1S/3C7H7NO2S.Au/c3*8-4-1-2-5(7(9)10)6(11)3-4;/h3*1-3,11H,8H2,(H,9,10);. The largest absolute Gasteiger partial charge is 0.478 e. The van der Waals surface area contributed by atoms with Crippen LogP contribution in [0.25, 0.3) is 0 Å². The van der Waals surface area contributed by atoms with Gasteiger partial charge in [-0.3, -0.25) is 0 Å². The van der Waals surface area contributed by atoms with Crippen molar-refractivity contribution < 1.29 is 52.1 Å². The summed E-state index contributed by atoms with van der Waals surface area (Å²) < 4.78 is 0. The summed E-state index contributed by atoms with van der Waals surface area (Å²) in [7, 11) is 0. The molecule has 0 aliphatic heterocycles. The van der Waals surface area contributed by atoms with Gasteiger partial charge >= 0.3 is 17.9 Å². The van der Waals surface area contributed by atoms with E-state index in [-0.39, 0.29) is 39.1 Å². The van der Waals surface area contributed by atoms with E-state index in [4.69, 9.17) is 32.5 Å². The zero-order chi connectivity index (χ0) is 25.3. The Bertz CT molecular complexity index is 1050. The van der Waals surface area contributed by atoms with Crippen LogP contribution in [0.2, 0.25) is 0 Å². The van der Waals surface area contributed by atoms with E-state index in [9.17, 15) is 14.4 Å². The van der Waals surface area contributed by atoms with Crippen LogP contribution in [0.5, 0.6) is 0 Å². The van der Waals surface area contributed by atoms with Gasteiger partial charge < -0.3 is 32.5 Å². The Labute approximate surface area is 227 Å². The van der Waals surface area contributed by atoms with Gasteiger partial charge in [0.15, 0.2) is 0 Å². The van der Waals surface area contributed by atoms with Crippen molar-refractivity contribution in [3.63, 3.8) is 0 Å². The van der Waals surface area contributed by atoms with Crippen LogP contribution in [0.3, 0.4) is 0 Å². The van der Waals surface area contributed by atoms with Crippen molar-refractivity contribution >= 4 is 72.9 Å². The minimum atomic E-state index is -0.991. The van der Waals surface area contributed by atoms with Crippen molar-refractivity contribution in [3.05, 3.63) is 71.3 Å². The van der Waals surface area contributed by atoms with Crippen molar-refractivity contribution in [1.82, 2.24) is 0 Å². The minimum Gasteiger partial charge on any atom is -0.478 e. The second-order valence-corrected chi connectivity index (χ2v) is 7.69. The molecule has 13 heteroatoms. The van der Waals surface area contributed by atoms with Gasteiger partial charge in [-0.2, -0.15) is 0 Å². The van der Waals surface area contributed by atoms with Crippen LogP contribution in [0.4, 0.5) is 17.1 Å². The molecule has 0 saturated heterocycles. The van der Waals surface area contributed by atoms with Crippen LogP contribution in [0.15, 0.2) is 69.3 Å². The second kappa shape index (κ2) is 14.5. The summed E-state index contributed by atoms with van der Waals surface area (Å²) in [5.41, 5.74) is 18.2. The fraction of sp³-hybridized carbons (Fsp3) is 0. The third-order valence-corrected chi connectivity index (χ3v) is 4.87. The maximum Gasteiger partial charge on any atom is 0.336 e. The number of rotatable bonds is 3. The van der Waals surface area contributed by atoms with Gasteiger partial charge in [0.2, 0.25) is 0 Å². The number of aromatic carboxylic acids is 3. The van der Waals surface area contributed by atoms with Gasteiger partial charge in [0, 0.05) is 54.1 Å². The number of nitrogen functional groups attached to an aromatic ring is 3. The average Bonchev–Trinajstić information content (AvgIpc) is 2.68. The van der Waals surface area contributed by atoms with Gasteiger partial charge in [0.1, 0.15) is 0 Å². The van der Waals surface area contributed by atoms with Gasteiger partial charge in [-0.1, -0.05) is 0 Å². The van der Waals surface area contributed by atoms with E-state index in [1.54, 1.807) is 0 Å². The van der Waals surface area contributed by atoms with Crippen LogP contribution in [-0.2, 0) is 22.4 Å². The first-order valence-electron chi connectivity index (χ1n) is 8.78. The number of carboxylic acid groups (broad SMARTS) is 3. The molecule has 0 aromatic heterocycles. The van der Waals surface area contributed by atoms with Crippen LogP contribution in [-0.4, -0.2) is 33.2 Å². The molecule has 0 aliphatic carbocycles. The molecule has 3 rings (SSSR count). The van der Waals surface area contributed by atoms with E-state index in [0.29, 0.717) is 31.7 Å². The van der Waals surface area contributed by atoms with Crippen molar-refractivity contribution in [2.45, 2.75) is 14.7 Å². The molecule has 1 radical (unpaired) electrons. The molecule has 0 bridgehead atoms. The molecule has 0 saturated carbocycles. The molecule has 9 nitrogen and oxygen atoms in total. The fourth-order valence-corrected chi connectivity index (χ4v) is 3.15. The Morgan fingerprint density at radius 1 is 0.529 bits per heavy atom. The van der Waals surface area contributed by atoms with E-state index >= 15 is 0 Å². The molecule has 0 fully saturated rings. The summed E-state index contributed by atoms with van der Waals surface area (Å²) in [5, 5.41) is 25.7. The number of anilines is 3. The fourth-order valence-electron chi connectivity index (χ4n) is 2.19. The Hall–Kier alpha value is -2.74. The van der Waals surface area contributed by atoms with Crippen LogP contribution in [0.1, 0.15) is 31.1 Å². The first-order chi connectivity index (χ1) is 15.3. The van der Waals surface area contributed by atoms with Gasteiger partial charge in [-0.15, -0.1) is 37.9 Å². The van der Waals surface area contributed by atoms with Crippen LogP contribution < -0.4 is 17.2 Å². The summed E-state index contributed by atoms with van der Waals surface area (Å²) >= 11 is 11.8. The molecule has 0 spiro atoms. The number of carbonyl (C=O) groups is 3. The smallest absolute Gasteiger partial charge is 0.336 e. The minimum absolute atomic E-state index is 0. The summed E-state index contributed by atoms with van der Waals surface area (Å²) in [6, 6.07) is 13.4. The van der Waals surface area contributed by atoms with Gasteiger partial charge in [0.05, 0.1) is 16.7 Å². The van der Waals surface area contributed by atoms with Crippen molar-refractivity contribution in [2.24, 2.45) is 0 Å². The normalized spacial score (nSPS) is 9.26. The van der Waals surface area contributed by atoms with Crippen molar-refractivity contribution in [3.8, 4) is 0 Å². The van der Waals surface area contributed by atoms with E-state index in [2.05, 4.69) is 37.9 Å². The number of nitrogens with two attached hydrogens (primary N) is 3. The van der Waals surface area contributed by atoms with Crippen molar-refractivity contribution in [2.75, 3.05) is 17.2 Å². The monoisotopic (exact) mass is 704 g/mol. The zero-order valence-corrected chi connectivity index (χ0v) is 22.0. The number of thiol groups is 3. The Kier molecular flexibility index (Phi) is 13.3. The van der Waals surface area contributed by atoms with E-state index in [1.807, 2.05) is 0 Å². The Balaban J connectivity index is 0.000000473.